The van der Waals surface area contributed by atoms with Crippen molar-refractivity contribution >= 4 is 76.6 Å². The zero-order chi connectivity index (χ0) is 22.4. The first kappa shape index (κ1) is 22.4. The van der Waals surface area contributed by atoms with Crippen molar-refractivity contribution in [2.24, 2.45) is 0 Å². The fourth-order valence-electron chi connectivity index (χ4n) is 3.92. The Balaban J connectivity index is 1.47. The summed E-state index contributed by atoms with van der Waals surface area (Å²) < 4.78 is 7.48. The summed E-state index contributed by atoms with van der Waals surface area (Å²) in [6.07, 6.45) is 4.29. The highest BCUT2D eigenvalue weighted by atomic mass is 79.9. The van der Waals surface area contributed by atoms with Gasteiger partial charge in [-0.25, -0.2) is 4.98 Å². The number of aryl methyl sites for hydroxylation is 2. The van der Waals surface area contributed by atoms with Crippen LogP contribution < -0.4 is 10.3 Å². The molecule has 0 radical (unpaired) electrons. The number of fused-ring (bicyclic) bond motifs is 3. The molecule has 0 spiro atoms. The number of H-pyrrole nitrogens is 1. The van der Waals surface area contributed by atoms with Crippen molar-refractivity contribution in [2.75, 3.05) is 0 Å². The Labute approximate surface area is 215 Å². The SMILES string of the molecule is O=c1[nH]c(-c2cc(Br)c(OCc3ccc(Cl)cc3Cl)c(Br)c2)nc2sc3c(c12)CCCC3. The minimum Gasteiger partial charge on any atom is -0.486 e. The lowest BCUT2D eigenvalue weighted by Crippen LogP contribution is -2.11. The van der Waals surface area contributed by atoms with Crippen LogP contribution in [0.15, 0.2) is 44.1 Å². The number of rotatable bonds is 4. The minimum atomic E-state index is -0.0747. The van der Waals surface area contributed by atoms with Gasteiger partial charge in [-0.3, -0.25) is 4.79 Å². The summed E-state index contributed by atoms with van der Waals surface area (Å²) >= 11 is 21.0. The lowest BCUT2D eigenvalue weighted by molar-refractivity contribution is 0.302. The minimum absolute atomic E-state index is 0.0747. The molecule has 0 amide bonds. The van der Waals surface area contributed by atoms with Gasteiger partial charge in [0.15, 0.2) is 0 Å². The number of aromatic amines is 1. The molecule has 2 aromatic carbocycles. The third kappa shape index (κ3) is 4.26. The predicted octanol–water partition coefficient (Wildman–Crippen LogP) is 7.94. The summed E-state index contributed by atoms with van der Waals surface area (Å²) in [5.74, 6) is 1.17. The van der Waals surface area contributed by atoms with Crippen molar-refractivity contribution in [1.82, 2.24) is 9.97 Å². The molecule has 1 aliphatic rings. The molecule has 4 aromatic rings. The molecule has 0 aliphatic heterocycles. The summed E-state index contributed by atoms with van der Waals surface area (Å²) in [4.78, 5) is 22.8. The smallest absolute Gasteiger partial charge is 0.260 e. The van der Waals surface area contributed by atoms with E-state index in [1.54, 1.807) is 23.5 Å². The topological polar surface area (TPSA) is 55.0 Å². The maximum Gasteiger partial charge on any atom is 0.260 e. The Morgan fingerprint density at radius 3 is 2.59 bits per heavy atom. The molecule has 1 aliphatic carbocycles. The summed E-state index contributed by atoms with van der Waals surface area (Å²) in [5, 5.41) is 1.89. The number of nitrogens with one attached hydrogen (secondary N) is 1. The van der Waals surface area contributed by atoms with Crippen molar-refractivity contribution < 1.29 is 4.74 Å². The third-order valence-corrected chi connectivity index (χ3v) is 8.43. The predicted molar refractivity (Wildman–Crippen MR) is 139 cm³/mol. The molecule has 0 atom stereocenters. The van der Waals surface area contributed by atoms with Crippen LogP contribution in [0.4, 0.5) is 0 Å². The standard InChI is InChI=1S/C23H16Br2Cl2N2O2S/c24-15-7-12(8-16(25)20(15)31-10-11-5-6-13(26)9-17(11)27)21-28-22(30)19-14-3-1-2-4-18(14)32-23(19)29-21/h5-9H,1-4,10H2,(H,28,29,30). The molecule has 4 nitrogen and oxygen atoms in total. The second kappa shape index (κ2) is 9.11. The molecular formula is C23H16Br2Cl2N2O2S. The van der Waals surface area contributed by atoms with E-state index < -0.39 is 0 Å². The number of nitrogens with zero attached hydrogens (tertiary/aromatic N) is 1. The van der Waals surface area contributed by atoms with Crippen LogP contribution in [0, 0.1) is 0 Å². The first-order valence-electron chi connectivity index (χ1n) is 10.0. The quantitative estimate of drug-likeness (QED) is 0.254. The van der Waals surface area contributed by atoms with Gasteiger partial charge in [-0.1, -0.05) is 29.3 Å². The third-order valence-electron chi connectivity index (χ3n) is 5.48. The van der Waals surface area contributed by atoms with Crippen LogP contribution in [0.25, 0.3) is 21.6 Å². The number of aromatic nitrogens is 2. The van der Waals surface area contributed by atoms with Gasteiger partial charge < -0.3 is 9.72 Å². The second-order valence-corrected chi connectivity index (χ2v) is 11.2. The zero-order valence-electron chi connectivity index (χ0n) is 16.6. The monoisotopic (exact) mass is 612 g/mol. The first-order chi connectivity index (χ1) is 15.4. The van der Waals surface area contributed by atoms with Gasteiger partial charge in [0.25, 0.3) is 5.56 Å². The molecule has 2 aromatic heterocycles. The van der Waals surface area contributed by atoms with E-state index in [1.165, 1.54) is 16.9 Å². The summed E-state index contributed by atoms with van der Waals surface area (Å²) in [5.41, 5.74) is 2.72. The van der Waals surface area contributed by atoms with E-state index in [-0.39, 0.29) is 12.2 Å². The number of hydrogen-bond donors (Lipinski definition) is 1. The van der Waals surface area contributed by atoms with Gasteiger partial charge >= 0.3 is 0 Å². The van der Waals surface area contributed by atoms with Crippen molar-refractivity contribution in [3.05, 3.63) is 75.7 Å². The second-order valence-electron chi connectivity index (χ2n) is 7.60. The van der Waals surface area contributed by atoms with E-state index in [0.29, 0.717) is 21.6 Å². The molecule has 164 valence electrons. The fraction of sp³-hybridized carbons (Fsp3) is 0.217. The van der Waals surface area contributed by atoms with Gasteiger partial charge in [0, 0.05) is 26.0 Å². The molecule has 0 fully saturated rings. The highest BCUT2D eigenvalue weighted by molar-refractivity contribution is 9.11. The van der Waals surface area contributed by atoms with Gasteiger partial charge in [-0.05, 0) is 87.4 Å². The molecule has 32 heavy (non-hydrogen) atoms. The lowest BCUT2D eigenvalue weighted by Gasteiger charge is -2.13. The Hall–Kier alpha value is -1.38. The summed E-state index contributed by atoms with van der Waals surface area (Å²) in [6, 6.07) is 9.09. The van der Waals surface area contributed by atoms with Gasteiger partial charge in [0.05, 0.1) is 14.3 Å². The van der Waals surface area contributed by atoms with Crippen LogP contribution in [0.3, 0.4) is 0 Å². The van der Waals surface area contributed by atoms with Crippen LogP contribution in [-0.4, -0.2) is 9.97 Å². The number of thiophene rings is 1. The molecule has 0 unspecified atom stereocenters. The number of benzene rings is 2. The molecule has 2 heterocycles. The van der Waals surface area contributed by atoms with E-state index in [0.717, 1.165) is 49.6 Å². The Morgan fingerprint density at radius 2 is 1.84 bits per heavy atom. The normalized spacial score (nSPS) is 13.4. The first-order valence-corrected chi connectivity index (χ1v) is 13.2. The number of halogens is 4. The van der Waals surface area contributed by atoms with Crippen LogP contribution in [0.2, 0.25) is 10.0 Å². The van der Waals surface area contributed by atoms with Crippen LogP contribution >= 0.6 is 66.4 Å². The van der Waals surface area contributed by atoms with Crippen molar-refractivity contribution in [1.29, 1.82) is 0 Å². The van der Waals surface area contributed by atoms with Crippen molar-refractivity contribution in [3.63, 3.8) is 0 Å². The molecule has 0 bridgehead atoms. The van der Waals surface area contributed by atoms with Crippen LogP contribution in [0.5, 0.6) is 5.75 Å². The van der Waals surface area contributed by atoms with Crippen molar-refractivity contribution in [2.45, 2.75) is 32.3 Å². The summed E-state index contributed by atoms with van der Waals surface area (Å²) in [6.45, 7) is 0.286. The van der Waals surface area contributed by atoms with E-state index in [4.69, 9.17) is 32.9 Å². The van der Waals surface area contributed by atoms with Crippen molar-refractivity contribution in [3.8, 4) is 17.1 Å². The molecule has 9 heteroatoms. The van der Waals surface area contributed by atoms with Gasteiger partial charge in [-0.2, -0.15) is 0 Å². The van der Waals surface area contributed by atoms with E-state index >= 15 is 0 Å². The van der Waals surface area contributed by atoms with Gasteiger partial charge in [0.2, 0.25) is 0 Å². The maximum atomic E-state index is 12.9. The fourth-order valence-corrected chi connectivity index (χ4v) is 7.06. The van der Waals surface area contributed by atoms with Crippen LogP contribution in [0.1, 0.15) is 28.8 Å². The molecule has 0 saturated heterocycles. The highest BCUT2D eigenvalue weighted by Crippen LogP contribution is 2.39. The Bertz CT molecular complexity index is 1390. The highest BCUT2D eigenvalue weighted by Gasteiger charge is 2.21. The average Bonchev–Trinajstić information content (AvgIpc) is 3.13. The van der Waals surface area contributed by atoms with Crippen LogP contribution in [-0.2, 0) is 19.4 Å². The Morgan fingerprint density at radius 1 is 1.09 bits per heavy atom. The zero-order valence-corrected chi connectivity index (χ0v) is 22.1. The average molecular weight is 615 g/mol. The number of hydrogen-bond acceptors (Lipinski definition) is 4. The molecular weight excluding hydrogens is 599 g/mol. The number of ether oxygens (including phenoxy) is 1. The van der Waals surface area contributed by atoms with E-state index in [1.807, 2.05) is 18.2 Å². The van der Waals surface area contributed by atoms with E-state index in [2.05, 4.69) is 36.8 Å². The molecule has 1 N–H and O–H groups in total. The molecule has 0 saturated carbocycles. The summed E-state index contributed by atoms with van der Waals surface area (Å²) in [7, 11) is 0. The van der Waals surface area contributed by atoms with Gasteiger partial charge in [0.1, 0.15) is 23.0 Å². The lowest BCUT2D eigenvalue weighted by atomic mass is 9.97. The van der Waals surface area contributed by atoms with Gasteiger partial charge in [-0.15, -0.1) is 11.3 Å². The Kier molecular flexibility index (Phi) is 6.38. The largest absolute Gasteiger partial charge is 0.486 e. The van der Waals surface area contributed by atoms with E-state index in [9.17, 15) is 4.79 Å². The maximum absolute atomic E-state index is 12.9. The molecule has 5 rings (SSSR count).